The number of H-pyrrole nitrogens is 1. The minimum atomic E-state index is -4.50. The SMILES string of the molecule is COCCOc1ccc(-c2ccc(NC(=O)Nc3cccc(C(F)(F)F)c3)cc2)c2c(N)n[nH]c12. The van der Waals surface area contributed by atoms with Gasteiger partial charge in [-0.3, -0.25) is 5.10 Å². The number of halogens is 3. The second-order valence-electron chi connectivity index (χ2n) is 7.55. The van der Waals surface area contributed by atoms with Crippen molar-refractivity contribution in [2.75, 3.05) is 36.7 Å². The van der Waals surface area contributed by atoms with Crippen LogP contribution in [0.5, 0.6) is 5.75 Å². The maximum absolute atomic E-state index is 12.9. The van der Waals surface area contributed by atoms with Crippen molar-refractivity contribution >= 4 is 34.1 Å². The number of aromatic amines is 1. The van der Waals surface area contributed by atoms with E-state index >= 15 is 0 Å². The Bertz CT molecular complexity index is 1340. The summed E-state index contributed by atoms with van der Waals surface area (Å²) < 4.78 is 49.4. The minimum absolute atomic E-state index is 0.0274. The summed E-state index contributed by atoms with van der Waals surface area (Å²) in [5, 5.41) is 12.7. The van der Waals surface area contributed by atoms with Crippen LogP contribution in [0.1, 0.15) is 5.56 Å². The fourth-order valence-corrected chi connectivity index (χ4v) is 3.53. The molecular weight excluding hydrogens is 463 g/mol. The molecule has 0 aliphatic heterocycles. The molecule has 5 N–H and O–H groups in total. The molecule has 0 saturated heterocycles. The zero-order valence-electron chi connectivity index (χ0n) is 18.6. The van der Waals surface area contributed by atoms with E-state index in [2.05, 4.69) is 20.8 Å². The molecule has 11 heteroatoms. The maximum atomic E-state index is 12.9. The largest absolute Gasteiger partial charge is 0.489 e. The first-order valence-corrected chi connectivity index (χ1v) is 10.5. The number of hydrogen-bond acceptors (Lipinski definition) is 5. The highest BCUT2D eigenvalue weighted by Crippen LogP contribution is 2.37. The number of hydrogen-bond donors (Lipinski definition) is 4. The van der Waals surface area contributed by atoms with Crippen molar-refractivity contribution in [3.8, 4) is 16.9 Å². The fraction of sp³-hybridized carbons (Fsp3) is 0.167. The van der Waals surface area contributed by atoms with Crippen LogP contribution in [0.2, 0.25) is 0 Å². The highest BCUT2D eigenvalue weighted by Gasteiger charge is 2.30. The van der Waals surface area contributed by atoms with E-state index in [0.29, 0.717) is 41.4 Å². The normalized spacial score (nSPS) is 11.4. The molecule has 182 valence electrons. The van der Waals surface area contributed by atoms with Crippen LogP contribution in [-0.2, 0) is 10.9 Å². The van der Waals surface area contributed by atoms with E-state index in [4.69, 9.17) is 15.2 Å². The zero-order chi connectivity index (χ0) is 25.0. The summed E-state index contributed by atoms with van der Waals surface area (Å²) in [5.41, 5.74) is 8.00. The van der Waals surface area contributed by atoms with Crippen LogP contribution in [0.3, 0.4) is 0 Å². The molecule has 4 aromatic rings. The molecule has 1 heterocycles. The number of carbonyl (C=O) groups excluding carboxylic acids is 1. The lowest BCUT2D eigenvalue weighted by molar-refractivity contribution is -0.137. The van der Waals surface area contributed by atoms with Crippen molar-refractivity contribution in [2.45, 2.75) is 6.18 Å². The van der Waals surface area contributed by atoms with Crippen molar-refractivity contribution in [1.82, 2.24) is 10.2 Å². The van der Waals surface area contributed by atoms with E-state index in [1.807, 2.05) is 6.07 Å². The van der Waals surface area contributed by atoms with Crippen LogP contribution < -0.4 is 21.1 Å². The molecule has 0 aliphatic rings. The third-order valence-electron chi connectivity index (χ3n) is 5.16. The quantitative estimate of drug-likeness (QED) is 0.258. The second kappa shape index (κ2) is 9.94. The second-order valence-corrected chi connectivity index (χ2v) is 7.55. The summed E-state index contributed by atoms with van der Waals surface area (Å²) in [6.45, 7) is 0.801. The number of alkyl halides is 3. The first kappa shape index (κ1) is 23.9. The number of carbonyl (C=O) groups is 1. The lowest BCUT2D eigenvalue weighted by atomic mass is 10.0. The topological polar surface area (TPSA) is 114 Å². The molecule has 0 radical (unpaired) electrons. The molecule has 2 amide bonds. The fourth-order valence-electron chi connectivity index (χ4n) is 3.53. The van der Waals surface area contributed by atoms with Gasteiger partial charge in [-0.15, -0.1) is 0 Å². The summed E-state index contributed by atoms with van der Waals surface area (Å²) in [7, 11) is 1.59. The van der Waals surface area contributed by atoms with Crippen molar-refractivity contribution in [2.24, 2.45) is 0 Å². The number of aromatic nitrogens is 2. The van der Waals surface area contributed by atoms with Gasteiger partial charge >= 0.3 is 12.2 Å². The van der Waals surface area contributed by atoms with Gasteiger partial charge in [0.1, 0.15) is 17.9 Å². The maximum Gasteiger partial charge on any atom is 0.416 e. The molecular formula is C24H22F3N5O3. The number of nitrogens with two attached hydrogens (primary N) is 1. The third kappa shape index (κ3) is 5.46. The predicted molar refractivity (Wildman–Crippen MR) is 127 cm³/mol. The van der Waals surface area contributed by atoms with E-state index in [1.54, 1.807) is 37.4 Å². The van der Waals surface area contributed by atoms with Gasteiger partial charge in [0.25, 0.3) is 0 Å². The van der Waals surface area contributed by atoms with Gasteiger partial charge in [-0.05, 0) is 53.6 Å². The first-order chi connectivity index (χ1) is 16.8. The Morgan fingerprint density at radius 2 is 1.77 bits per heavy atom. The number of benzene rings is 3. The van der Waals surface area contributed by atoms with Crippen LogP contribution >= 0.6 is 0 Å². The van der Waals surface area contributed by atoms with Crippen molar-refractivity contribution in [1.29, 1.82) is 0 Å². The van der Waals surface area contributed by atoms with E-state index < -0.39 is 17.8 Å². The molecule has 1 aromatic heterocycles. The molecule has 0 aliphatic carbocycles. The number of methoxy groups -OCH3 is 1. The molecule has 0 unspecified atom stereocenters. The van der Waals surface area contributed by atoms with Gasteiger partial charge in [0.15, 0.2) is 5.82 Å². The van der Waals surface area contributed by atoms with Gasteiger partial charge in [-0.25, -0.2) is 4.79 Å². The molecule has 8 nitrogen and oxygen atoms in total. The number of anilines is 3. The van der Waals surface area contributed by atoms with Gasteiger partial charge in [0, 0.05) is 18.5 Å². The molecule has 0 fully saturated rings. The van der Waals surface area contributed by atoms with Gasteiger partial charge in [-0.1, -0.05) is 18.2 Å². The summed E-state index contributed by atoms with van der Waals surface area (Å²) in [5.74, 6) is 0.907. The van der Waals surface area contributed by atoms with E-state index in [-0.39, 0.29) is 5.69 Å². The smallest absolute Gasteiger partial charge is 0.416 e. The number of amides is 2. The molecule has 0 atom stereocenters. The number of fused-ring (bicyclic) bond motifs is 1. The number of nitrogens with zero attached hydrogens (tertiary/aromatic N) is 1. The van der Waals surface area contributed by atoms with Gasteiger partial charge < -0.3 is 25.8 Å². The Morgan fingerprint density at radius 1 is 1.03 bits per heavy atom. The van der Waals surface area contributed by atoms with E-state index in [1.165, 1.54) is 12.1 Å². The van der Waals surface area contributed by atoms with Gasteiger partial charge in [0.05, 0.1) is 17.6 Å². The van der Waals surface area contributed by atoms with Crippen LogP contribution in [0.4, 0.5) is 35.2 Å². The molecule has 4 rings (SSSR count). The summed E-state index contributed by atoms with van der Waals surface area (Å²) >= 11 is 0. The Morgan fingerprint density at radius 3 is 2.49 bits per heavy atom. The van der Waals surface area contributed by atoms with Crippen molar-refractivity contribution < 1.29 is 27.4 Å². The molecule has 0 saturated carbocycles. The average Bonchev–Trinajstić information content (AvgIpc) is 3.21. The predicted octanol–water partition coefficient (Wildman–Crippen LogP) is 5.50. The highest BCUT2D eigenvalue weighted by molar-refractivity contribution is 6.04. The standard InChI is InChI=1S/C24H22F3N5O3/c1-34-11-12-35-19-10-9-18(20-21(19)31-32-22(20)28)14-5-7-16(8-6-14)29-23(33)30-17-4-2-3-15(13-17)24(25,26)27/h2-10,13H,11-12H2,1H3,(H3,28,31,32)(H2,29,30,33). The highest BCUT2D eigenvalue weighted by atomic mass is 19.4. The molecule has 0 bridgehead atoms. The lowest BCUT2D eigenvalue weighted by Gasteiger charge is -2.12. The van der Waals surface area contributed by atoms with Crippen LogP contribution in [-0.4, -0.2) is 36.6 Å². The number of urea groups is 1. The summed E-state index contributed by atoms with van der Waals surface area (Å²) in [6.07, 6.45) is -4.50. The van der Waals surface area contributed by atoms with Crippen LogP contribution in [0.25, 0.3) is 22.0 Å². The van der Waals surface area contributed by atoms with Crippen LogP contribution in [0, 0.1) is 0 Å². The minimum Gasteiger partial charge on any atom is -0.489 e. The Kier molecular flexibility index (Phi) is 6.78. The number of nitrogen functional groups attached to an aromatic ring is 1. The van der Waals surface area contributed by atoms with Crippen molar-refractivity contribution in [3.05, 3.63) is 66.2 Å². The average molecular weight is 485 g/mol. The monoisotopic (exact) mass is 485 g/mol. The zero-order valence-corrected chi connectivity index (χ0v) is 18.6. The number of ether oxygens (including phenoxy) is 2. The number of rotatable bonds is 7. The van der Waals surface area contributed by atoms with Crippen molar-refractivity contribution in [3.63, 3.8) is 0 Å². The van der Waals surface area contributed by atoms with E-state index in [9.17, 15) is 18.0 Å². The van der Waals surface area contributed by atoms with Gasteiger partial charge in [0.2, 0.25) is 0 Å². The number of nitrogens with one attached hydrogen (secondary N) is 3. The third-order valence-corrected chi connectivity index (χ3v) is 5.16. The molecule has 0 spiro atoms. The first-order valence-electron chi connectivity index (χ1n) is 10.5. The molecule has 35 heavy (non-hydrogen) atoms. The molecule has 3 aromatic carbocycles. The Balaban J connectivity index is 1.49. The van der Waals surface area contributed by atoms with Crippen LogP contribution in [0.15, 0.2) is 60.7 Å². The Labute approximate surface area is 198 Å². The van der Waals surface area contributed by atoms with E-state index in [0.717, 1.165) is 23.3 Å². The van der Waals surface area contributed by atoms with Gasteiger partial charge in [-0.2, -0.15) is 18.3 Å². The lowest BCUT2D eigenvalue weighted by Crippen LogP contribution is -2.19. The summed E-state index contributed by atoms with van der Waals surface area (Å²) in [4.78, 5) is 12.3. The Hall–Kier alpha value is -4.25. The summed E-state index contributed by atoms with van der Waals surface area (Å²) in [6, 6.07) is 14.3.